The molecule has 0 aliphatic carbocycles. The molecule has 0 unspecified atom stereocenters. The third-order valence-corrected chi connectivity index (χ3v) is 3.70. The first-order valence-corrected chi connectivity index (χ1v) is 7.83. The van der Waals surface area contributed by atoms with Gasteiger partial charge in [0.05, 0.1) is 11.3 Å². The van der Waals surface area contributed by atoms with E-state index in [-0.39, 0.29) is 16.8 Å². The molecule has 0 fully saturated rings. The summed E-state index contributed by atoms with van der Waals surface area (Å²) in [5.74, 6) is -0.378. The molecule has 2 aromatic carbocycles. The Morgan fingerprint density at radius 1 is 1.17 bits per heavy atom. The minimum atomic E-state index is -0.378. The van der Waals surface area contributed by atoms with Crippen molar-refractivity contribution in [2.75, 3.05) is 11.9 Å². The molecule has 5 heteroatoms. The van der Waals surface area contributed by atoms with Gasteiger partial charge in [0.2, 0.25) is 5.43 Å². The fourth-order valence-corrected chi connectivity index (χ4v) is 2.49. The molecular weight excluding hydrogens is 333 g/mol. The first-order valence-electron chi connectivity index (χ1n) is 7.07. The van der Waals surface area contributed by atoms with Crippen LogP contribution < -0.4 is 10.7 Å². The minimum Gasteiger partial charge on any atom is -0.382 e. The summed E-state index contributed by atoms with van der Waals surface area (Å²) in [6, 6.07) is 11.5. The number of rotatable bonds is 5. The number of hydrogen-bond donors (Lipinski definition) is 1. The van der Waals surface area contributed by atoms with Gasteiger partial charge in [-0.15, -0.1) is 0 Å². The van der Waals surface area contributed by atoms with E-state index in [0.717, 1.165) is 0 Å². The second-order valence-corrected chi connectivity index (χ2v) is 5.61. The highest BCUT2D eigenvalue weighted by Crippen LogP contribution is 2.22. The molecule has 0 amide bonds. The summed E-state index contributed by atoms with van der Waals surface area (Å²) in [6.07, 6.45) is 2.90. The lowest BCUT2D eigenvalue weighted by Crippen LogP contribution is -2.15. The quantitative estimate of drug-likeness (QED) is 0.630. The van der Waals surface area contributed by atoms with Crippen molar-refractivity contribution < 1.29 is 4.79 Å². The Bertz CT molecular complexity index is 816. The summed E-state index contributed by atoms with van der Waals surface area (Å²) >= 11 is 11.9. The number of hydrogen-bond acceptors (Lipinski definition) is 3. The standard InChI is InChI=1S/C18H15Cl2NO2/c1-2-21-16-6-4-3-5-14(18(16)23)17(22)10-8-12-7-9-13(19)11-15(12)20/h3-11H,2H2,1H3,(H,21,23)/b10-8-. The molecule has 23 heavy (non-hydrogen) atoms. The van der Waals surface area contributed by atoms with Crippen LogP contribution in [0.1, 0.15) is 22.8 Å². The van der Waals surface area contributed by atoms with E-state index in [2.05, 4.69) is 5.32 Å². The predicted octanol–water partition coefficient (Wildman–Crippen LogP) is 4.68. The van der Waals surface area contributed by atoms with Crippen molar-refractivity contribution in [3.8, 4) is 0 Å². The van der Waals surface area contributed by atoms with Gasteiger partial charge in [0, 0.05) is 16.6 Å². The number of halogens is 2. The monoisotopic (exact) mass is 347 g/mol. The molecule has 3 nitrogen and oxygen atoms in total. The molecular formula is C18H15Cl2NO2. The minimum absolute atomic E-state index is 0.104. The molecule has 0 bridgehead atoms. The van der Waals surface area contributed by atoms with Crippen molar-refractivity contribution in [3.05, 3.63) is 79.9 Å². The summed E-state index contributed by atoms with van der Waals surface area (Å²) in [4.78, 5) is 24.7. The first-order chi connectivity index (χ1) is 11.0. The van der Waals surface area contributed by atoms with E-state index >= 15 is 0 Å². The molecule has 0 saturated heterocycles. The Labute approximate surface area is 144 Å². The fraction of sp³-hybridized carbons (Fsp3) is 0.111. The average Bonchev–Trinajstić information content (AvgIpc) is 2.69. The van der Waals surface area contributed by atoms with Gasteiger partial charge in [0.15, 0.2) is 5.78 Å². The van der Waals surface area contributed by atoms with Crippen LogP contribution in [-0.4, -0.2) is 12.3 Å². The number of benzene rings is 1. The van der Waals surface area contributed by atoms with E-state index in [9.17, 15) is 9.59 Å². The zero-order chi connectivity index (χ0) is 16.8. The van der Waals surface area contributed by atoms with Crippen molar-refractivity contribution >= 4 is 40.7 Å². The molecule has 0 aromatic heterocycles. The van der Waals surface area contributed by atoms with E-state index in [1.54, 1.807) is 42.5 Å². The van der Waals surface area contributed by atoms with E-state index < -0.39 is 0 Å². The topological polar surface area (TPSA) is 46.2 Å². The SMILES string of the molecule is CCNc1ccccc(C(=O)/C=C\c2ccc(Cl)cc2Cl)c1=O. The van der Waals surface area contributed by atoms with E-state index in [4.69, 9.17) is 23.2 Å². The number of anilines is 1. The van der Waals surface area contributed by atoms with Crippen molar-refractivity contribution in [2.24, 2.45) is 0 Å². The maximum Gasteiger partial charge on any atom is 0.212 e. The number of ketones is 1. The molecule has 1 N–H and O–H groups in total. The van der Waals surface area contributed by atoms with Gasteiger partial charge in [-0.25, -0.2) is 0 Å². The van der Waals surface area contributed by atoms with Gasteiger partial charge < -0.3 is 5.32 Å². The molecule has 0 radical (unpaired) electrons. The van der Waals surface area contributed by atoms with Crippen molar-refractivity contribution in [3.63, 3.8) is 0 Å². The van der Waals surface area contributed by atoms with Crippen LogP contribution >= 0.6 is 23.2 Å². The lowest BCUT2D eigenvalue weighted by atomic mass is 10.1. The highest BCUT2D eigenvalue weighted by molar-refractivity contribution is 6.35. The van der Waals surface area contributed by atoms with Crippen LogP contribution in [0.5, 0.6) is 0 Å². The summed E-state index contributed by atoms with van der Waals surface area (Å²) in [5.41, 5.74) is 0.837. The van der Waals surface area contributed by atoms with E-state index in [0.29, 0.717) is 27.8 Å². The smallest absolute Gasteiger partial charge is 0.212 e. The predicted molar refractivity (Wildman–Crippen MR) is 96.7 cm³/mol. The molecule has 0 spiro atoms. The van der Waals surface area contributed by atoms with Crippen molar-refractivity contribution in [2.45, 2.75) is 6.92 Å². The summed E-state index contributed by atoms with van der Waals surface area (Å²) in [6.45, 7) is 2.49. The van der Waals surface area contributed by atoms with Crippen LogP contribution in [-0.2, 0) is 0 Å². The molecule has 0 atom stereocenters. The maximum atomic E-state index is 12.4. The van der Waals surface area contributed by atoms with Gasteiger partial charge in [-0.05, 0) is 48.9 Å². The highest BCUT2D eigenvalue weighted by Gasteiger charge is 2.09. The summed E-state index contributed by atoms with van der Waals surface area (Å²) < 4.78 is 0. The van der Waals surface area contributed by atoms with E-state index in [1.165, 1.54) is 12.1 Å². The molecule has 0 heterocycles. The van der Waals surface area contributed by atoms with Crippen LogP contribution in [0.15, 0.2) is 53.3 Å². The maximum absolute atomic E-state index is 12.4. The summed E-state index contributed by atoms with van der Waals surface area (Å²) in [5, 5.41) is 3.92. The Morgan fingerprint density at radius 3 is 2.61 bits per heavy atom. The lowest BCUT2D eigenvalue weighted by Gasteiger charge is -2.00. The number of allylic oxidation sites excluding steroid dienone is 1. The normalized spacial score (nSPS) is 10.7. The number of carbonyl (C=O) groups excluding carboxylic acids is 1. The Balaban J connectivity index is 2.34. The van der Waals surface area contributed by atoms with E-state index in [1.807, 2.05) is 6.92 Å². The zero-order valence-corrected chi connectivity index (χ0v) is 14.0. The second kappa shape index (κ2) is 7.95. The average molecular weight is 348 g/mol. The van der Waals surface area contributed by atoms with Crippen molar-refractivity contribution in [1.29, 1.82) is 0 Å². The second-order valence-electron chi connectivity index (χ2n) is 4.77. The van der Waals surface area contributed by atoms with Crippen molar-refractivity contribution in [1.82, 2.24) is 0 Å². The first kappa shape index (κ1) is 17.3. The van der Waals surface area contributed by atoms with Gasteiger partial charge in [0.25, 0.3) is 0 Å². The van der Waals surface area contributed by atoms with Gasteiger partial charge in [-0.1, -0.05) is 41.4 Å². The third kappa shape index (κ3) is 4.44. The van der Waals surface area contributed by atoms with Crippen LogP contribution in [0.4, 0.5) is 5.69 Å². The molecule has 2 rings (SSSR count). The molecule has 0 aliphatic rings. The van der Waals surface area contributed by atoms with Crippen LogP contribution in [0.2, 0.25) is 10.0 Å². The van der Waals surface area contributed by atoms with Crippen LogP contribution in [0, 0.1) is 0 Å². The van der Waals surface area contributed by atoms with Gasteiger partial charge in [-0.2, -0.15) is 0 Å². The largest absolute Gasteiger partial charge is 0.382 e. The highest BCUT2D eigenvalue weighted by atomic mass is 35.5. The molecule has 0 aliphatic heterocycles. The Kier molecular flexibility index (Phi) is 5.97. The third-order valence-electron chi connectivity index (χ3n) is 3.14. The molecule has 118 valence electrons. The number of nitrogens with one attached hydrogen (secondary N) is 1. The number of carbonyl (C=O) groups is 1. The molecule has 0 saturated carbocycles. The van der Waals surface area contributed by atoms with Gasteiger partial charge in [-0.3, -0.25) is 9.59 Å². The summed E-state index contributed by atoms with van der Waals surface area (Å²) in [7, 11) is 0. The zero-order valence-electron chi connectivity index (χ0n) is 12.5. The van der Waals surface area contributed by atoms with Gasteiger partial charge in [0.1, 0.15) is 0 Å². The lowest BCUT2D eigenvalue weighted by molar-refractivity contribution is 0.104. The van der Waals surface area contributed by atoms with Crippen LogP contribution in [0.3, 0.4) is 0 Å². The Morgan fingerprint density at radius 2 is 1.91 bits per heavy atom. The Hall–Kier alpha value is -2.10. The van der Waals surface area contributed by atoms with Crippen LogP contribution in [0.25, 0.3) is 6.08 Å². The molecule has 2 aromatic rings. The van der Waals surface area contributed by atoms with Gasteiger partial charge >= 0.3 is 0 Å². The fourth-order valence-electron chi connectivity index (χ4n) is 2.02.